The Kier molecular flexibility index (Phi) is 5.72. The maximum Gasteiger partial charge on any atom is 0.237 e. The number of carbonyl (C=O) groups is 1. The van der Waals surface area contributed by atoms with E-state index in [0.29, 0.717) is 10.8 Å². The van der Waals surface area contributed by atoms with Gasteiger partial charge in [-0.05, 0) is 30.5 Å². The van der Waals surface area contributed by atoms with Gasteiger partial charge in [-0.15, -0.1) is 21.5 Å². The Balaban J connectivity index is 1.64. The molecular weight excluding hydrogens is 378 g/mol. The molecule has 0 saturated carbocycles. The van der Waals surface area contributed by atoms with Gasteiger partial charge in [0, 0.05) is 24.5 Å². The van der Waals surface area contributed by atoms with E-state index in [1.54, 1.807) is 29.7 Å². The van der Waals surface area contributed by atoms with Crippen LogP contribution in [0.5, 0.6) is 0 Å². The third-order valence-corrected chi connectivity index (χ3v) is 5.82. The fourth-order valence-electron chi connectivity index (χ4n) is 2.10. The Bertz CT molecular complexity index is 865. The summed E-state index contributed by atoms with van der Waals surface area (Å²) in [4.78, 5) is 17.5. The average Bonchev–Trinajstić information content (AvgIpc) is 3.22. The molecule has 0 aliphatic heterocycles. The molecule has 130 valence electrons. The maximum atomic E-state index is 12.4. The summed E-state index contributed by atoms with van der Waals surface area (Å²) in [5.41, 5.74) is 0.498. The maximum absolute atomic E-state index is 12.4. The van der Waals surface area contributed by atoms with Crippen molar-refractivity contribution < 1.29 is 4.79 Å². The van der Waals surface area contributed by atoms with Gasteiger partial charge in [0.15, 0.2) is 10.3 Å². The number of pyridine rings is 1. The van der Waals surface area contributed by atoms with Crippen molar-refractivity contribution >= 4 is 46.3 Å². The first-order chi connectivity index (χ1) is 12.0. The Morgan fingerprint density at radius 2 is 2.24 bits per heavy atom. The van der Waals surface area contributed by atoms with Gasteiger partial charge in [-0.1, -0.05) is 29.4 Å². The van der Waals surface area contributed by atoms with Crippen LogP contribution in [-0.4, -0.2) is 30.9 Å². The lowest BCUT2D eigenvalue weighted by atomic mass is 10.3. The van der Waals surface area contributed by atoms with Crippen LogP contribution in [-0.2, 0) is 18.3 Å². The van der Waals surface area contributed by atoms with Crippen molar-refractivity contribution in [1.29, 1.82) is 0 Å². The number of nitrogens with one attached hydrogen (secondary N) is 1. The number of anilines is 1. The molecule has 3 rings (SSSR count). The summed E-state index contributed by atoms with van der Waals surface area (Å²) >= 11 is 9.01. The molecule has 0 spiro atoms. The first-order valence-corrected chi connectivity index (χ1v) is 9.67. The second-order valence-corrected chi connectivity index (χ2v) is 8.00. The smallest absolute Gasteiger partial charge is 0.237 e. The largest absolute Gasteiger partial charge is 0.322 e. The van der Waals surface area contributed by atoms with Crippen LogP contribution < -0.4 is 5.32 Å². The molecule has 1 atom stereocenters. The van der Waals surface area contributed by atoms with Gasteiger partial charge in [0.1, 0.15) is 5.82 Å². The van der Waals surface area contributed by atoms with Gasteiger partial charge in [0.05, 0.1) is 10.9 Å². The Labute approximate surface area is 158 Å². The minimum absolute atomic E-state index is 0.164. The number of thioether (sulfide) groups is 1. The van der Waals surface area contributed by atoms with Crippen molar-refractivity contribution in [3.63, 3.8) is 0 Å². The molecule has 3 heterocycles. The number of nitrogens with zero attached hydrogens (tertiary/aromatic N) is 4. The van der Waals surface area contributed by atoms with Crippen LogP contribution in [0.2, 0.25) is 5.15 Å². The molecule has 3 aromatic rings. The summed E-state index contributed by atoms with van der Waals surface area (Å²) in [7, 11) is 1.91. The SMILES string of the molecule is C[C@H](Sc1nnc(Cc2cccs2)n1C)C(=O)Nc1cccnc1Cl. The lowest BCUT2D eigenvalue weighted by Gasteiger charge is -2.12. The van der Waals surface area contributed by atoms with Crippen molar-refractivity contribution in [2.75, 3.05) is 5.32 Å². The van der Waals surface area contributed by atoms with Crippen LogP contribution in [0.15, 0.2) is 41.0 Å². The number of thiophene rings is 1. The molecule has 0 bridgehead atoms. The van der Waals surface area contributed by atoms with Gasteiger partial charge in [0.25, 0.3) is 0 Å². The first kappa shape index (κ1) is 17.9. The van der Waals surface area contributed by atoms with Crippen LogP contribution >= 0.6 is 34.7 Å². The minimum atomic E-state index is -0.353. The molecule has 6 nitrogen and oxygen atoms in total. The van der Waals surface area contributed by atoms with Crippen LogP contribution in [0.25, 0.3) is 0 Å². The predicted molar refractivity (Wildman–Crippen MR) is 101 cm³/mol. The number of halogens is 1. The molecule has 3 aromatic heterocycles. The predicted octanol–water partition coefficient (Wildman–Crippen LogP) is 3.64. The summed E-state index contributed by atoms with van der Waals surface area (Å²) in [6.45, 7) is 1.82. The number of aromatic nitrogens is 4. The van der Waals surface area contributed by atoms with Crippen LogP contribution in [0, 0.1) is 0 Å². The zero-order valence-electron chi connectivity index (χ0n) is 13.6. The van der Waals surface area contributed by atoms with Crippen LogP contribution in [0.1, 0.15) is 17.6 Å². The number of hydrogen-bond acceptors (Lipinski definition) is 6. The van der Waals surface area contributed by atoms with Gasteiger partial charge in [0.2, 0.25) is 5.91 Å². The molecule has 0 aliphatic rings. The van der Waals surface area contributed by atoms with Crippen molar-refractivity contribution in [2.45, 2.75) is 23.8 Å². The molecule has 25 heavy (non-hydrogen) atoms. The number of hydrogen-bond donors (Lipinski definition) is 1. The Morgan fingerprint density at radius 3 is 2.96 bits per heavy atom. The molecular formula is C16H16ClN5OS2. The summed E-state index contributed by atoms with van der Waals surface area (Å²) in [6.07, 6.45) is 2.30. The quantitative estimate of drug-likeness (QED) is 0.511. The fraction of sp³-hybridized carbons (Fsp3) is 0.250. The molecule has 0 unspecified atom stereocenters. The van der Waals surface area contributed by atoms with Crippen LogP contribution in [0.3, 0.4) is 0 Å². The standard InChI is InChI=1S/C16H16ClN5OS2/c1-10(15(23)19-12-6-3-7-18-14(12)17)25-16-21-20-13(22(16)2)9-11-5-4-8-24-11/h3-8,10H,9H2,1-2H3,(H,19,23)/t10-/m0/s1. The number of rotatable bonds is 6. The summed E-state index contributed by atoms with van der Waals surface area (Å²) in [5, 5.41) is 13.9. The summed E-state index contributed by atoms with van der Waals surface area (Å²) in [5.74, 6) is 0.704. The van der Waals surface area contributed by atoms with Crippen molar-refractivity contribution in [3.05, 3.63) is 51.7 Å². The highest BCUT2D eigenvalue weighted by Crippen LogP contribution is 2.25. The molecule has 0 aliphatic carbocycles. The topological polar surface area (TPSA) is 72.7 Å². The number of carbonyl (C=O) groups excluding carboxylic acids is 1. The normalized spacial score (nSPS) is 12.1. The first-order valence-electron chi connectivity index (χ1n) is 7.53. The van der Waals surface area contributed by atoms with Gasteiger partial charge in [-0.25, -0.2) is 4.98 Å². The summed E-state index contributed by atoms with van der Waals surface area (Å²) < 4.78 is 1.92. The molecule has 0 fully saturated rings. The van der Waals surface area contributed by atoms with E-state index in [1.165, 1.54) is 16.6 Å². The van der Waals surface area contributed by atoms with Crippen LogP contribution in [0.4, 0.5) is 5.69 Å². The highest BCUT2D eigenvalue weighted by Gasteiger charge is 2.20. The third-order valence-electron chi connectivity index (χ3n) is 3.51. The van der Waals surface area contributed by atoms with Crippen molar-refractivity contribution in [2.24, 2.45) is 7.05 Å². The third kappa shape index (κ3) is 4.39. The van der Waals surface area contributed by atoms with Gasteiger partial charge >= 0.3 is 0 Å². The lowest BCUT2D eigenvalue weighted by molar-refractivity contribution is -0.115. The number of amides is 1. The van der Waals surface area contributed by atoms with E-state index in [0.717, 1.165) is 12.2 Å². The van der Waals surface area contributed by atoms with Crippen molar-refractivity contribution in [1.82, 2.24) is 19.7 Å². The van der Waals surface area contributed by atoms with E-state index in [4.69, 9.17) is 11.6 Å². The Morgan fingerprint density at radius 1 is 1.40 bits per heavy atom. The lowest BCUT2D eigenvalue weighted by Crippen LogP contribution is -2.23. The zero-order chi connectivity index (χ0) is 17.8. The summed E-state index contributed by atoms with van der Waals surface area (Å²) in [6, 6.07) is 7.52. The van der Waals surface area contributed by atoms with Gasteiger partial charge in [-0.2, -0.15) is 0 Å². The molecule has 0 radical (unpaired) electrons. The fourth-order valence-corrected chi connectivity index (χ4v) is 3.80. The van der Waals surface area contributed by atoms with E-state index in [9.17, 15) is 4.79 Å². The second-order valence-electron chi connectivity index (χ2n) is 5.31. The minimum Gasteiger partial charge on any atom is -0.322 e. The molecule has 0 saturated heterocycles. The molecule has 9 heteroatoms. The van der Waals surface area contributed by atoms with E-state index in [2.05, 4.69) is 26.6 Å². The van der Waals surface area contributed by atoms with E-state index in [-0.39, 0.29) is 16.3 Å². The average molecular weight is 394 g/mol. The molecule has 1 amide bonds. The van der Waals surface area contributed by atoms with Gasteiger partial charge < -0.3 is 9.88 Å². The molecule has 0 aromatic carbocycles. The van der Waals surface area contributed by atoms with E-state index >= 15 is 0 Å². The van der Waals surface area contributed by atoms with Crippen molar-refractivity contribution in [3.8, 4) is 0 Å². The van der Waals surface area contributed by atoms with E-state index < -0.39 is 0 Å². The molecule has 1 N–H and O–H groups in total. The monoisotopic (exact) mass is 393 g/mol. The zero-order valence-corrected chi connectivity index (χ0v) is 16.0. The Hall–Kier alpha value is -1.90. The highest BCUT2D eigenvalue weighted by atomic mass is 35.5. The van der Waals surface area contributed by atoms with Gasteiger partial charge in [-0.3, -0.25) is 4.79 Å². The second kappa shape index (κ2) is 7.99. The van der Waals surface area contributed by atoms with E-state index in [1.807, 2.05) is 30.0 Å². The highest BCUT2D eigenvalue weighted by molar-refractivity contribution is 8.00.